The van der Waals surface area contributed by atoms with Crippen molar-refractivity contribution in [3.05, 3.63) is 46.5 Å². The fraction of sp³-hybridized carbons (Fsp3) is 0.0833. The van der Waals surface area contributed by atoms with Crippen LogP contribution >= 0.6 is 11.6 Å². The molecule has 6 nitrogen and oxygen atoms in total. The second-order valence-corrected chi connectivity index (χ2v) is 6.28. The van der Waals surface area contributed by atoms with Crippen LogP contribution in [-0.2, 0) is 10.0 Å². The number of anilines is 1. The average molecular weight is 333 g/mol. The van der Waals surface area contributed by atoms with Crippen LogP contribution in [0.3, 0.4) is 0 Å². The van der Waals surface area contributed by atoms with E-state index < -0.39 is 26.7 Å². The molecule has 0 atom stereocenters. The highest BCUT2D eigenvalue weighted by Gasteiger charge is 2.23. The minimum absolute atomic E-state index is 0.152. The van der Waals surface area contributed by atoms with E-state index in [1.807, 2.05) is 0 Å². The Balaban J connectivity index is 2.47. The number of carboxylic acid groups (broad SMARTS) is 1. The van der Waals surface area contributed by atoms with Gasteiger partial charge in [-0.3, -0.25) is 4.72 Å². The molecule has 9 heteroatoms. The molecule has 1 aromatic carbocycles. The molecule has 2 rings (SSSR count). The molecule has 0 bridgehead atoms. The van der Waals surface area contributed by atoms with E-state index in [1.54, 1.807) is 6.92 Å². The molecule has 1 heterocycles. The number of H-pyrrole nitrogens is 1. The number of carbonyl (C=O) groups is 1. The van der Waals surface area contributed by atoms with Crippen LogP contribution < -0.4 is 4.72 Å². The molecule has 112 valence electrons. The number of aromatic nitrogens is 1. The van der Waals surface area contributed by atoms with E-state index in [4.69, 9.17) is 16.7 Å². The minimum Gasteiger partial charge on any atom is -0.477 e. The van der Waals surface area contributed by atoms with E-state index in [-0.39, 0.29) is 16.4 Å². The van der Waals surface area contributed by atoms with Crippen molar-refractivity contribution < 1.29 is 22.7 Å². The molecule has 21 heavy (non-hydrogen) atoms. The average Bonchev–Trinajstić information content (AvgIpc) is 2.72. The lowest BCUT2D eigenvalue weighted by molar-refractivity contribution is 0.0692. The van der Waals surface area contributed by atoms with Gasteiger partial charge in [0, 0.05) is 5.69 Å². The van der Waals surface area contributed by atoms with Crippen molar-refractivity contribution in [3.8, 4) is 0 Å². The van der Waals surface area contributed by atoms with Crippen LogP contribution in [0.25, 0.3) is 0 Å². The summed E-state index contributed by atoms with van der Waals surface area (Å²) in [6, 6.07) is 4.19. The zero-order chi connectivity index (χ0) is 15.8. The van der Waals surface area contributed by atoms with Crippen molar-refractivity contribution >= 4 is 33.3 Å². The number of carboxylic acids is 1. The first-order valence-electron chi connectivity index (χ1n) is 5.61. The van der Waals surface area contributed by atoms with Crippen LogP contribution in [0.5, 0.6) is 0 Å². The number of halogens is 2. The van der Waals surface area contributed by atoms with Gasteiger partial charge in [0.1, 0.15) is 16.4 Å². The van der Waals surface area contributed by atoms with Gasteiger partial charge in [-0.05, 0) is 31.2 Å². The fourth-order valence-electron chi connectivity index (χ4n) is 1.72. The SMILES string of the molecule is Cc1cc(NS(=O)(=O)c2cc(F)ccc2Cl)c(C(=O)O)[nH]1. The molecule has 0 fully saturated rings. The summed E-state index contributed by atoms with van der Waals surface area (Å²) in [6.45, 7) is 1.57. The van der Waals surface area contributed by atoms with Crippen LogP contribution in [0.15, 0.2) is 29.2 Å². The third-order valence-electron chi connectivity index (χ3n) is 2.59. The van der Waals surface area contributed by atoms with Gasteiger partial charge < -0.3 is 10.1 Å². The topological polar surface area (TPSA) is 99.3 Å². The molecule has 0 aliphatic carbocycles. The molecule has 3 N–H and O–H groups in total. The van der Waals surface area contributed by atoms with Gasteiger partial charge in [0.25, 0.3) is 10.0 Å². The van der Waals surface area contributed by atoms with Gasteiger partial charge in [0.05, 0.1) is 10.7 Å². The lowest BCUT2D eigenvalue weighted by atomic mass is 10.3. The molecule has 0 amide bonds. The highest BCUT2D eigenvalue weighted by Crippen LogP contribution is 2.26. The number of aromatic carboxylic acids is 1. The van der Waals surface area contributed by atoms with E-state index in [1.165, 1.54) is 6.07 Å². The molecule has 0 aliphatic heterocycles. The van der Waals surface area contributed by atoms with E-state index in [0.717, 1.165) is 18.2 Å². The highest BCUT2D eigenvalue weighted by molar-refractivity contribution is 7.92. The van der Waals surface area contributed by atoms with Gasteiger partial charge in [0.2, 0.25) is 0 Å². The maximum absolute atomic E-state index is 13.2. The number of hydrogen-bond acceptors (Lipinski definition) is 3. The standard InChI is InChI=1S/C12H10ClFN2O4S/c1-6-4-9(11(15-6)12(17)18)16-21(19,20)10-5-7(14)2-3-8(10)13/h2-5,15-16H,1H3,(H,17,18). The second kappa shape index (κ2) is 5.38. The molecule has 0 unspecified atom stereocenters. The fourth-order valence-corrected chi connectivity index (χ4v) is 3.30. The molecule has 0 saturated carbocycles. The van der Waals surface area contributed by atoms with E-state index in [2.05, 4.69) is 9.71 Å². The van der Waals surface area contributed by atoms with E-state index in [9.17, 15) is 17.6 Å². The van der Waals surface area contributed by atoms with Crippen molar-refractivity contribution in [2.45, 2.75) is 11.8 Å². The number of hydrogen-bond donors (Lipinski definition) is 3. The number of nitrogens with one attached hydrogen (secondary N) is 2. The van der Waals surface area contributed by atoms with Crippen LogP contribution in [-0.4, -0.2) is 24.5 Å². The number of aryl methyl sites for hydroxylation is 1. The Kier molecular flexibility index (Phi) is 3.93. The summed E-state index contributed by atoms with van der Waals surface area (Å²) in [5.74, 6) is -2.10. The normalized spacial score (nSPS) is 11.4. The maximum atomic E-state index is 13.2. The summed E-state index contributed by atoms with van der Waals surface area (Å²) in [7, 11) is -4.21. The zero-order valence-electron chi connectivity index (χ0n) is 10.6. The molecule has 1 aromatic heterocycles. The van der Waals surface area contributed by atoms with Crippen LogP contribution in [0, 0.1) is 12.7 Å². The Labute approximate surface area is 124 Å². The maximum Gasteiger partial charge on any atom is 0.354 e. The Morgan fingerprint density at radius 3 is 2.67 bits per heavy atom. The minimum atomic E-state index is -4.21. The summed E-state index contributed by atoms with van der Waals surface area (Å²) >= 11 is 5.74. The Morgan fingerprint density at radius 1 is 1.38 bits per heavy atom. The first kappa shape index (κ1) is 15.3. The highest BCUT2D eigenvalue weighted by atomic mass is 35.5. The number of rotatable bonds is 4. The van der Waals surface area contributed by atoms with Crippen LogP contribution in [0.1, 0.15) is 16.2 Å². The van der Waals surface area contributed by atoms with E-state index in [0.29, 0.717) is 5.69 Å². The summed E-state index contributed by atoms with van der Waals surface area (Å²) in [5, 5.41) is 8.82. The van der Waals surface area contributed by atoms with Crippen LogP contribution in [0.2, 0.25) is 5.02 Å². The quantitative estimate of drug-likeness (QED) is 0.801. The van der Waals surface area contributed by atoms with Crippen molar-refractivity contribution in [2.75, 3.05) is 4.72 Å². The zero-order valence-corrected chi connectivity index (χ0v) is 12.2. The lowest BCUT2D eigenvalue weighted by Crippen LogP contribution is -2.15. The van der Waals surface area contributed by atoms with E-state index >= 15 is 0 Å². The summed E-state index contributed by atoms with van der Waals surface area (Å²) < 4.78 is 39.6. The predicted molar refractivity (Wildman–Crippen MR) is 74.7 cm³/mol. The van der Waals surface area contributed by atoms with Crippen molar-refractivity contribution in [1.29, 1.82) is 0 Å². The van der Waals surface area contributed by atoms with Crippen molar-refractivity contribution in [1.82, 2.24) is 4.98 Å². The summed E-state index contributed by atoms with van der Waals surface area (Å²) in [4.78, 5) is 13.1. The Bertz CT molecular complexity index is 817. The van der Waals surface area contributed by atoms with Crippen LogP contribution in [0.4, 0.5) is 10.1 Å². The predicted octanol–water partition coefficient (Wildman–Crippen LogP) is 2.61. The first-order valence-corrected chi connectivity index (χ1v) is 7.47. The largest absolute Gasteiger partial charge is 0.477 e. The lowest BCUT2D eigenvalue weighted by Gasteiger charge is -2.09. The number of benzene rings is 1. The van der Waals surface area contributed by atoms with Gasteiger partial charge in [-0.15, -0.1) is 0 Å². The van der Waals surface area contributed by atoms with Crippen molar-refractivity contribution in [3.63, 3.8) is 0 Å². The van der Waals surface area contributed by atoms with Gasteiger partial charge >= 0.3 is 5.97 Å². The summed E-state index contributed by atoms with van der Waals surface area (Å²) in [6.07, 6.45) is 0. The monoisotopic (exact) mass is 332 g/mol. The molecular weight excluding hydrogens is 323 g/mol. The smallest absolute Gasteiger partial charge is 0.354 e. The van der Waals surface area contributed by atoms with Crippen molar-refractivity contribution in [2.24, 2.45) is 0 Å². The molecule has 0 spiro atoms. The molecule has 0 aliphatic rings. The Morgan fingerprint density at radius 2 is 2.05 bits per heavy atom. The summed E-state index contributed by atoms with van der Waals surface area (Å²) in [5.41, 5.74) is -0.0145. The number of aromatic amines is 1. The third-order valence-corrected chi connectivity index (χ3v) is 4.44. The van der Waals surface area contributed by atoms with Gasteiger partial charge in [-0.25, -0.2) is 17.6 Å². The first-order chi connectivity index (χ1) is 9.70. The third kappa shape index (κ3) is 3.17. The molecular formula is C12H10ClFN2O4S. The van der Waals surface area contributed by atoms with Gasteiger partial charge in [-0.1, -0.05) is 11.6 Å². The second-order valence-electron chi connectivity index (χ2n) is 4.23. The molecule has 0 saturated heterocycles. The molecule has 2 aromatic rings. The molecule has 0 radical (unpaired) electrons. The Hall–Kier alpha value is -2.06. The number of sulfonamides is 1. The van der Waals surface area contributed by atoms with Gasteiger partial charge in [0.15, 0.2) is 0 Å². The van der Waals surface area contributed by atoms with Gasteiger partial charge in [-0.2, -0.15) is 0 Å².